The van der Waals surface area contributed by atoms with Gasteiger partial charge in [-0.15, -0.1) is 0 Å². The molecule has 0 radical (unpaired) electrons. The van der Waals surface area contributed by atoms with Crippen molar-refractivity contribution in [2.24, 2.45) is 0 Å². The molecule has 5 nitrogen and oxygen atoms in total. The summed E-state index contributed by atoms with van der Waals surface area (Å²) in [6.07, 6.45) is 0.0508. The number of hydrogen-bond donors (Lipinski definition) is 0. The van der Waals surface area contributed by atoms with Crippen LogP contribution < -0.4 is 0 Å². The molecule has 1 aliphatic heterocycles. The molecule has 1 atom stereocenters. The second kappa shape index (κ2) is 6.26. The molecule has 0 aromatic heterocycles. The fourth-order valence-electron chi connectivity index (χ4n) is 2.36. The van der Waals surface area contributed by atoms with Crippen molar-refractivity contribution < 1.29 is 17.9 Å². The smallest absolute Gasteiger partial charge is 0.410 e. The van der Waals surface area contributed by atoms with E-state index in [1.807, 2.05) is 37.3 Å². The summed E-state index contributed by atoms with van der Waals surface area (Å²) >= 11 is 0. The molecule has 110 valence electrons. The van der Waals surface area contributed by atoms with Gasteiger partial charge in [-0.3, -0.25) is 0 Å². The second-order valence-electron chi connectivity index (χ2n) is 4.88. The SMILES string of the molecule is CCN(C(=O)OCc1ccccc1)C1CCS(=O)(=O)C1. The Bertz CT molecular complexity index is 556. The summed E-state index contributed by atoms with van der Waals surface area (Å²) in [5.41, 5.74) is 0.913. The zero-order valence-electron chi connectivity index (χ0n) is 11.5. The van der Waals surface area contributed by atoms with E-state index in [2.05, 4.69) is 0 Å². The van der Waals surface area contributed by atoms with Crippen molar-refractivity contribution >= 4 is 15.9 Å². The van der Waals surface area contributed by atoms with E-state index in [4.69, 9.17) is 4.74 Å². The topological polar surface area (TPSA) is 63.7 Å². The molecule has 0 N–H and O–H groups in total. The van der Waals surface area contributed by atoms with E-state index in [1.165, 1.54) is 4.90 Å². The summed E-state index contributed by atoms with van der Waals surface area (Å²) in [7, 11) is -3.00. The average molecular weight is 297 g/mol. The molecule has 1 fully saturated rings. The van der Waals surface area contributed by atoms with Gasteiger partial charge < -0.3 is 9.64 Å². The van der Waals surface area contributed by atoms with Crippen LogP contribution in [0.3, 0.4) is 0 Å². The highest BCUT2D eigenvalue weighted by molar-refractivity contribution is 7.91. The van der Waals surface area contributed by atoms with Crippen LogP contribution in [0.25, 0.3) is 0 Å². The van der Waals surface area contributed by atoms with Crippen LogP contribution in [0, 0.1) is 0 Å². The normalized spacial score (nSPS) is 20.6. The van der Waals surface area contributed by atoms with Crippen LogP contribution >= 0.6 is 0 Å². The Morgan fingerprint density at radius 2 is 2.05 bits per heavy atom. The van der Waals surface area contributed by atoms with Crippen LogP contribution in [0.1, 0.15) is 18.9 Å². The van der Waals surface area contributed by atoms with Crippen LogP contribution in [0.4, 0.5) is 4.79 Å². The zero-order chi connectivity index (χ0) is 14.6. The number of nitrogens with zero attached hydrogens (tertiary/aromatic N) is 1. The van der Waals surface area contributed by atoms with Crippen molar-refractivity contribution in [1.29, 1.82) is 0 Å². The van der Waals surface area contributed by atoms with E-state index in [1.54, 1.807) is 0 Å². The molecule has 1 amide bonds. The van der Waals surface area contributed by atoms with Crippen molar-refractivity contribution in [2.75, 3.05) is 18.1 Å². The first-order valence-corrected chi connectivity index (χ1v) is 8.51. The minimum atomic E-state index is -3.00. The third-order valence-corrected chi connectivity index (χ3v) is 5.18. The number of sulfone groups is 1. The van der Waals surface area contributed by atoms with Gasteiger partial charge in [0, 0.05) is 12.6 Å². The van der Waals surface area contributed by atoms with Gasteiger partial charge in [-0.2, -0.15) is 0 Å². The van der Waals surface area contributed by atoms with Crippen molar-refractivity contribution in [2.45, 2.75) is 26.0 Å². The molecular weight excluding hydrogens is 278 g/mol. The highest BCUT2D eigenvalue weighted by Crippen LogP contribution is 2.18. The van der Waals surface area contributed by atoms with Crippen LogP contribution in [-0.2, 0) is 21.2 Å². The lowest BCUT2D eigenvalue weighted by molar-refractivity contribution is 0.0864. The van der Waals surface area contributed by atoms with Gasteiger partial charge >= 0.3 is 6.09 Å². The van der Waals surface area contributed by atoms with Crippen LogP contribution in [0.5, 0.6) is 0 Å². The zero-order valence-corrected chi connectivity index (χ0v) is 12.3. The molecule has 1 aromatic rings. The first kappa shape index (κ1) is 14.8. The van der Waals surface area contributed by atoms with E-state index in [0.29, 0.717) is 13.0 Å². The summed E-state index contributed by atoms with van der Waals surface area (Å²) in [6.45, 7) is 2.48. The molecule has 0 bridgehead atoms. The van der Waals surface area contributed by atoms with Crippen LogP contribution in [0.2, 0.25) is 0 Å². The average Bonchev–Trinajstić information content (AvgIpc) is 2.78. The Kier molecular flexibility index (Phi) is 4.65. The molecule has 0 saturated carbocycles. The number of carbonyl (C=O) groups excluding carboxylic acids is 1. The minimum Gasteiger partial charge on any atom is -0.445 e. The fourth-order valence-corrected chi connectivity index (χ4v) is 4.09. The maximum atomic E-state index is 12.1. The van der Waals surface area contributed by atoms with Crippen molar-refractivity contribution in [1.82, 2.24) is 4.90 Å². The number of carbonyl (C=O) groups is 1. The first-order valence-electron chi connectivity index (χ1n) is 6.69. The number of ether oxygens (including phenoxy) is 1. The number of hydrogen-bond acceptors (Lipinski definition) is 4. The largest absolute Gasteiger partial charge is 0.445 e. The van der Waals surface area contributed by atoms with Gasteiger partial charge in [-0.1, -0.05) is 30.3 Å². The molecule has 1 aliphatic rings. The van der Waals surface area contributed by atoms with Gasteiger partial charge in [-0.05, 0) is 18.9 Å². The first-order chi connectivity index (χ1) is 9.52. The molecule has 20 heavy (non-hydrogen) atoms. The molecule has 1 heterocycles. The lowest BCUT2D eigenvalue weighted by atomic mass is 10.2. The number of amides is 1. The Morgan fingerprint density at radius 3 is 2.60 bits per heavy atom. The van der Waals surface area contributed by atoms with E-state index >= 15 is 0 Å². The van der Waals surface area contributed by atoms with Crippen molar-refractivity contribution in [3.8, 4) is 0 Å². The molecule has 1 aromatic carbocycles. The third kappa shape index (κ3) is 3.72. The van der Waals surface area contributed by atoms with E-state index in [0.717, 1.165) is 5.56 Å². The molecule has 2 rings (SSSR count). The molecule has 6 heteroatoms. The summed E-state index contributed by atoms with van der Waals surface area (Å²) < 4.78 is 28.2. The maximum absolute atomic E-state index is 12.1. The molecule has 1 saturated heterocycles. The quantitative estimate of drug-likeness (QED) is 0.850. The Hall–Kier alpha value is -1.56. The predicted octanol–water partition coefficient (Wildman–Crippen LogP) is 1.83. The van der Waals surface area contributed by atoms with Crippen LogP contribution in [-0.4, -0.2) is 43.5 Å². The highest BCUT2D eigenvalue weighted by Gasteiger charge is 2.34. The summed E-state index contributed by atoms with van der Waals surface area (Å²) in [6, 6.07) is 9.16. The van der Waals surface area contributed by atoms with Gasteiger partial charge in [0.1, 0.15) is 6.61 Å². The fraction of sp³-hybridized carbons (Fsp3) is 0.500. The van der Waals surface area contributed by atoms with E-state index in [9.17, 15) is 13.2 Å². The molecule has 0 aliphatic carbocycles. The van der Waals surface area contributed by atoms with Gasteiger partial charge in [0.05, 0.1) is 11.5 Å². The van der Waals surface area contributed by atoms with Crippen LogP contribution in [0.15, 0.2) is 30.3 Å². The van der Waals surface area contributed by atoms with E-state index in [-0.39, 0.29) is 24.2 Å². The third-order valence-electron chi connectivity index (χ3n) is 3.43. The Labute approximate surface area is 119 Å². The van der Waals surface area contributed by atoms with Crippen molar-refractivity contribution in [3.05, 3.63) is 35.9 Å². The standard InChI is InChI=1S/C14H19NO4S/c1-2-15(13-8-9-20(17,18)11-13)14(16)19-10-12-6-4-3-5-7-12/h3-7,13H,2,8-11H2,1H3. The summed E-state index contributed by atoms with van der Waals surface area (Å²) in [5.74, 6) is 0.196. The molecule has 1 unspecified atom stereocenters. The van der Waals surface area contributed by atoms with Gasteiger partial charge in [-0.25, -0.2) is 13.2 Å². The van der Waals surface area contributed by atoms with Gasteiger partial charge in [0.2, 0.25) is 0 Å². The molecule has 0 spiro atoms. The minimum absolute atomic E-state index is 0.0429. The lowest BCUT2D eigenvalue weighted by Gasteiger charge is -2.25. The van der Waals surface area contributed by atoms with E-state index < -0.39 is 15.9 Å². The Morgan fingerprint density at radius 1 is 1.35 bits per heavy atom. The second-order valence-corrected chi connectivity index (χ2v) is 7.11. The highest BCUT2D eigenvalue weighted by atomic mass is 32.2. The number of benzene rings is 1. The van der Waals surface area contributed by atoms with Crippen molar-refractivity contribution in [3.63, 3.8) is 0 Å². The summed E-state index contributed by atoms with van der Waals surface area (Å²) in [5, 5.41) is 0. The molecular formula is C14H19NO4S. The number of rotatable bonds is 4. The van der Waals surface area contributed by atoms with Gasteiger partial charge in [0.15, 0.2) is 9.84 Å². The predicted molar refractivity (Wildman–Crippen MR) is 76.1 cm³/mol. The maximum Gasteiger partial charge on any atom is 0.410 e. The lowest BCUT2D eigenvalue weighted by Crippen LogP contribution is -2.41. The Balaban J connectivity index is 1.93. The monoisotopic (exact) mass is 297 g/mol. The van der Waals surface area contributed by atoms with Gasteiger partial charge in [0.25, 0.3) is 0 Å². The summed E-state index contributed by atoms with van der Waals surface area (Å²) in [4.78, 5) is 13.6.